The van der Waals surface area contributed by atoms with Gasteiger partial charge in [-0.1, -0.05) is 6.07 Å². The molecule has 158 valence electrons. The van der Waals surface area contributed by atoms with Crippen LogP contribution < -0.4 is 10.1 Å². The highest BCUT2D eigenvalue weighted by Crippen LogP contribution is 2.37. The molecule has 3 heterocycles. The fourth-order valence-electron chi connectivity index (χ4n) is 3.39. The van der Waals surface area contributed by atoms with E-state index in [1.165, 1.54) is 0 Å². The predicted octanol–water partition coefficient (Wildman–Crippen LogP) is 4.19. The lowest BCUT2D eigenvalue weighted by Gasteiger charge is -2.17. The van der Waals surface area contributed by atoms with Gasteiger partial charge in [0, 0.05) is 29.8 Å². The van der Waals surface area contributed by atoms with E-state index < -0.39 is 23.9 Å². The number of hydrogen-bond donors (Lipinski definition) is 2. The monoisotopic (exact) mass is 437 g/mol. The molecule has 0 amide bonds. The number of nitrogens with zero attached hydrogens (tertiary/aromatic N) is 2. The van der Waals surface area contributed by atoms with Crippen molar-refractivity contribution in [3.8, 4) is 16.5 Å². The summed E-state index contributed by atoms with van der Waals surface area (Å²) in [5, 5.41) is 13.9. The fourth-order valence-corrected chi connectivity index (χ4v) is 4.17. The normalized spacial score (nSPS) is 19.4. The van der Waals surface area contributed by atoms with Crippen molar-refractivity contribution in [1.82, 2.24) is 15.3 Å². The first-order valence-corrected chi connectivity index (χ1v) is 10.1. The van der Waals surface area contributed by atoms with Crippen LogP contribution in [0.2, 0.25) is 0 Å². The van der Waals surface area contributed by atoms with E-state index in [2.05, 4.69) is 15.3 Å². The summed E-state index contributed by atoms with van der Waals surface area (Å²) in [5.41, 5.74) is 1.82. The second-order valence-electron chi connectivity index (χ2n) is 7.22. The molecule has 2 atom stereocenters. The molecule has 0 unspecified atom stereocenters. The number of hydrogen-bond acceptors (Lipinski definition) is 6. The van der Waals surface area contributed by atoms with Gasteiger partial charge in [0.15, 0.2) is 5.69 Å². The molecule has 4 rings (SSSR count). The molecular weight excluding hydrogens is 419 g/mol. The Morgan fingerprint density at radius 2 is 2.07 bits per heavy atom. The van der Waals surface area contributed by atoms with Crippen LogP contribution in [0.4, 0.5) is 13.2 Å². The number of carboxylic acids is 1. The number of aryl methyl sites for hydroxylation is 2. The van der Waals surface area contributed by atoms with Gasteiger partial charge >= 0.3 is 12.1 Å². The number of carboxylic acid groups (broad SMARTS) is 1. The Morgan fingerprint density at radius 3 is 2.70 bits per heavy atom. The first-order chi connectivity index (χ1) is 14.1. The average Bonchev–Trinajstić information content (AvgIpc) is 3.34. The minimum absolute atomic E-state index is 0.142. The van der Waals surface area contributed by atoms with Gasteiger partial charge in [0.1, 0.15) is 28.6 Å². The van der Waals surface area contributed by atoms with E-state index in [0.717, 1.165) is 27.8 Å². The molecule has 6 nitrogen and oxygen atoms in total. The Hall–Kier alpha value is -2.72. The maximum Gasteiger partial charge on any atom is 0.434 e. The molecule has 2 aromatic heterocycles. The quantitative estimate of drug-likeness (QED) is 0.637. The smallest absolute Gasteiger partial charge is 0.434 e. The van der Waals surface area contributed by atoms with Crippen molar-refractivity contribution in [3.63, 3.8) is 0 Å². The van der Waals surface area contributed by atoms with E-state index in [1.807, 2.05) is 26.0 Å². The van der Waals surface area contributed by atoms with E-state index in [9.17, 15) is 18.0 Å². The highest BCUT2D eigenvalue weighted by Gasteiger charge is 2.34. The van der Waals surface area contributed by atoms with Crippen molar-refractivity contribution in [2.45, 2.75) is 38.6 Å². The number of thiazole rings is 1. The van der Waals surface area contributed by atoms with Gasteiger partial charge in [0.05, 0.1) is 5.52 Å². The summed E-state index contributed by atoms with van der Waals surface area (Å²) < 4.78 is 45.0. The molecule has 0 radical (unpaired) electrons. The van der Waals surface area contributed by atoms with Crippen LogP contribution in [0.1, 0.15) is 23.2 Å². The van der Waals surface area contributed by atoms with Crippen molar-refractivity contribution < 1.29 is 27.8 Å². The number of nitrogens with one attached hydrogen (secondary N) is 1. The lowest BCUT2D eigenvalue weighted by atomic mass is 10.0. The number of halogens is 3. The molecule has 2 N–H and O–H groups in total. The van der Waals surface area contributed by atoms with Crippen molar-refractivity contribution in [2.24, 2.45) is 0 Å². The number of carbonyl (C=O) groups is 1. The van der Waals surface area contributed by atoms with Gasteiger partial charge in [-0.05, 0) is 31.0 Å². The fraction of sp³-hybridized carbons (Fsp3) is 0.350. The van der Waals surface area contributed by atoms with E-state index >= 15 is 0 Å². The van der Waals surface area contributed by atoms with Gasteiger partial charge in [-0.15, -0.1) is 11.3 Å². The van der Waals surface area contributed by atoms with Gasteiger partial charge < -0.3 is 15.2 Å². The number of aromatic nitrogens is 2. The molecule has 1 aliphatic rings. The SMILES string of the molecule is Cc1ccc2c(O[C@@H]3CN[C@H](C(=O)O)C3)cc(-c3nc(C(F)(F)F)cs3)nc2c1C. The van der Waals surface area contributed by atoms with Crippen molar-refractivity contribution in [1.29, 1.82) is 0 Å². The van der Waals surface area contributed by atoms with Gasteiger partial charge in [-0.3, -0.25) is 4.79 Å². The van der Waals surface area contributed by atoms with Gasteiger partial charge in [-0.2, -0.15) is 13.2 Å². The number of rotatable bonds is 4. The Balaban J connectivity index is 1.78. The van der Waals surface area contributed by atoms with E-state index in [0.29, 0.717) is 23.2 Å². The molecule has 0 spiro atoms. The summed E-state index contributed by atoms with van der Waals surface area (Å²) in [6.45, 7) is 4.17. The maximum absolute atomic E-state index is 13.0. The first kappa shape index (κ1) is 20.5. The van der Waals surface area contributed by atoms with Crippen LogP contribution in [0.25, 0.3) is 21.6 Å². The second-order valence-corrected chi connectivity index (χ2v) is 8.08. The molecule has 0 aliphatic carbocycles. The van der Waals surface area contributed by atoms with Crippen molar-refractivity contribution in [3.05, 3.63) is 40.4 Å². The van der Waals surface area contributed by atoms with Crippen LogP contribution in [-0.2, 0) is 11.0 Å². The summed E-state index contributed by atoms with van der Waals surface area (Å²) in [4.78, 5) is 19.5. The van der Waals surface area contributed by atoms with Gasteiger partial charge in [0.25, 0.3) is 0 Å². The Morgan fingerprint density at radius 1 is 1.30 bits per heavy atom. The van der Waals surface area contributed by atoms with Crippen LogP contribution in [0, 0.1) is 13.8 Å². The Kier molecular flexibility index (Phi) is 5.15. The molecule has 0 bridgehead atoms. The number of ether oxygens (including phenoxy) is 1. The molecule has 1 saturated heterocycles. The molecular formula is C20H18F3N3O3S. The molecule has 3 aromatic rings. The maximum atomic E-state index is 13.0. The zero-order chi connectivity index (χ0) is 21.6. The number of fused-ring (bicyclic) bond motifs is 1. The zero-order valence-electron chi connectivity index (χ0n) is 16.1. The number of aliphatic carboxylic acids is 1. The average molecular weight is 437 g/mol. The third-order valence-electron chi connectivity index (χ3n) is 5.16. The summed E-state index contributed by atoms with van der Waals surface area (Å²) in [7, 11) is 0. The molecule has 30 heavy (non-hydrogen) atoms. The van der Waals surface area contributed by atoms with Gasteiger partial charge in [0.2, 0.25) is 0 Å². The highest BCUT2D eigenvalue weighted by molar-refractivity contribution is 7.13. The van der Waals surface area contributed by atoms with Crippen LogP contribution in [0.5, 0.6) is 5.75 Å². The molecule has 1 fully saturated rings. The third-order valence-corrected chi connectivity index (χ3v) is 6.03. The molecule has 10 heteroatoms. The summed E-state index contributed by atoms with van der Waals surface area (Å²) in [5.74, 6) is -0.505. The number of pyridine rings is 1. The Labute approximate surface area is 173 Å². The van der Waals surface area contributed by atoms with Crippen molar-refractivity contribution in [2.75, 3.05) is 6.54 Å². The topological polar surface area (TPSA) is 84.3 Å². The van der Waals surface area contributed by atoms with E-state index in [-0.39, 0.29) is 23.2 Å². The Bertz CT molecular complexity index is 1130. The number of alkyl halides is 3. The largest absolute Gasteiger partial charge is 0.488 e. The first-order valence-electron chi connectivity index (χ1n) is 9.20. The van der Waals surface area contributed by atoms with Crippen molar-refractivity contribution >= 4 is 28.2 Å². The highest BCUT2D eigenvalue weighted by atomic mass is 32.1. The summed E-state index contributed by atoms with van der Waals surface area (Å²) >= 11 is 0.865. The predicted molar refractivity (Wildman–Crippen MR) is 106 cm³/mol. The summed E-state index contributed by atoms with van der Waals surface area (Å²) in [6.07, 6.45) is -4.62. The lowest BCUT2D eigenvalue weighted by Crippen LogP contribution is -2.30. The summed E-state index contributed by atoms with van der Waals surface area (Å²) in [6, 6.07) is 4.65. The van der Waals surface area contributed by atoms with Crippen LogP contribution in [0.15, 0.2) is 23.6 Å². The molecule has 1 aliphatic heterocycles. The van der Waals surface area contributed by atoms with Crippen LogP contribution >= 0.6 is 11.3 Å². The molecule has 0 saturated carbocycles. The van der Waals surface area contributed by atoms with Crippen LogP contribution in [0.3, 0.4) is 0 Å². The minimum Gasteiger partial charge on any atom is -0.488 e. The zero-order valence-corrected chi connectivity index (χ0v) is 16.9. The lowest BCUT2D eigenvalue weighted by molar-refractivity contribution is -0.141. The standard InChI is InChI=1S/C20H18F3N3O3S/c1-9-3-4-12-15(29-11-5-14(19(27)28)24-7-11)6-13(25-17(12)10(9)2)18-26-16(8-30-18)20(21,22)23/h3-4,6,8,11,14,24H,5,7H2,1-2H3,(H,27,28)/t11-,14-/m0/s1. The van der Waals surface area contributed by atoms with E-state index in [1.54, 1.807) is 6.07 Å². The van der Waals surface area contributed by atoms with Crippen LogP contribution in [-0.4, -0.2) is 39.7 Å². The van der Waals surface area contributed by atoms with Gasteiger partial charge in [-0.25, -0.2) is 9.97 Å². The molecule has 1 aromatic carbocycles. The third kappa shape index (κ3) is 3.84. The second kappa shape index (κ2) is 7.51. The van der Waals surface area contributed by atoms with E-state index in [4.69, 9.17) is 9.84 Å². The minimum atomic E-state index is -4.53. The number of benzene rings is 1.